The number of carbonyl (C=O) groups is 2. The van der Waals surface area contributed by atoms with Crippen LogP contribution in [0.4, 0.5) is 0 Å². The van der Waals surface area contributed by atoms with Crippen molar-refractivity contribution in [3.63, 3.8) is 0 Å². The summed E-state index contributed by atoms with van der Waals surface area (Å²) in [6.45, 7) is 4.77. The molecule has 1 saturated carbocycles. The summed E-state index contributed by atoms with van der Waals surface area (Å²) in [5.41, 5.74) is 0.394. The van der Waals surface area contributed by atoms with Gasteiger partial charge in [-0.25, -0.2) is 0 Å². The normalized spacial score (nSPS) is 22.4. The van der Waals surface area contributed by atoms with E-state index < -0.39 is 16.8 Å². The van der Waals surface area contributed by atoms with Crippen LogP contribution < -0.4 is 5.32 Å². The summed E-state index contributed by atoms with van der Waals surface area (Å²) in [7, 11) is 3.98. The molecule has 22 heavy (non-hydrogen) atoms. The van der Waals surface area contributed by atoms with E-state index in [4.69, 9.17) is 0 Å². The zero-order valence-corrected chi connectivity index (χ0v) is 13.6. The molecule has 1 unspecified atom stereocenters. The third-order valence-corrected chi connectivity index (χ3v) is 4.53. The van der Waals surface area contributed by atoms with Crippen molar-refractivity contribution in [1.29, 1.82) is 0 Å². The lowest BCUT2D eigenvalue weighted by molar-refractivity contribution is -0.150. The highest BCUT2D eigenvalue weighted by atomic mass is 16.4. The van der Waals surface area contributed by atoms with Crippen LogP contribution in [0.25, 0.3) is 0 Å². The minimum Gasteiger partial charge on any atom is -0.480 e. The molecule has 120 valence electrons. The summed E-state index contributed by atoms with van der Waals surface area (Å²) in [6.07, 6.45) is 0.389. The monoisotopic (exact) mass is 304 g/mol. The first-order valence-corrected chi connectivity index (χ1v) is 7.44. The number of benzene rings is 1. The molecule has 1 aliphatic carbocycles. The maximum atomic E-state index is 12.4. The number of nitrogens with zero attached hydrogens (tertiary/aromatic N) is 1. The Bertz CT molecular complexity index is 595. The third kappa shape index (κ3) is 2.86. The van der Waals surface area contributed by atoms with Crippen molar-refractivity contribution in [2.24, 2.45) is 10.8 Å². The Hall–Kier alpha value is -1.88. The van der Waals surface area contributed by atoms with Crippen molar-refractivity contribution in [2.75, 3.05) is 14.1 Å². The molecule has 1 aliphatic rings. The minimum atomic E-state index is -1.27. The fourth-order valence-corrected chi connectivity index (χ4v) is 3.02. The standard InChI is InChI=1S/C17H24N2O3/c1-16(2)11-17(16,15(21)22)14(20)18-9-12-7-5-6-8-13(12)10-19(3)4/h5-8H,9-11H2,1-4H3,(H,18,20)(H,21,22). The zero-order valence-electron chi connectivity index (χ0n) is 13.6. The highest BCUT2D eigenvalue weighted by molar-refractivity contribution is 6.06. The second-order valence-electron chi connectivity index (χ2n) is 6.96. The second kappa shape index (κ2) is 5.72. The number of aliphatic carboxylic acids is 1. The first-order chi connectivity index (χ1) is 10.2. The van der Waals surface area contributed by atoms with Crippen LogP contribution in [-0.2, 0) is 22.7 Å². The number of amides is 1. The molecule has 2 rings (SSSR count). The molecule has 1 aromatic carbocycles. The van der Waals surface area contributed by atoms with Gasteiger partial charge >= 0.3 is 5.97 Å². The summed E-state index contributed by atoms with van der Waals surface area (Å²) in [5.74, 6) is -1.42. The molecule has 0 aliphatic heterocycles. The van der Waals surface area contributed by atoms with Crippen LogP contribution in [-0.4, -0.2) is 36.0 Å². The van der Waals surface area contributed by atoms with Crippen molar-refractivity contribution >= 4 is 11.9 Å². The summed E-state index contributed by atoms with van der Waals surface area (Å²) < 4.78 is 0. The molecule has 0 radical (unpaired) electrons. The van der Waals surface area contributed by atoms with E-state index in [9.17, 15) is 14.7 Å². The Kier molecular flexibility index (Phi) is 4.29. The average molecular weight is 304 g/mol. The largest absolute Gasteiger partial charge is 0.480 e. The molecule has 1 fully saturated rings. The number of nitrogens with one attached hydrogen (secondary N) is 1. The van der Waals surface area contributed by atoms with Crippen molar-refractivity contribution in [3.05, 3.63) is 35.4 Å². The van der Waals surface area contributed by atoms with Crippen LogP contribution in [0.3, 0.4) is 0 Å². The molecule has 2 N–H and O–H groups in total. The molecular formula is C17H24N2O3. The first-order valence-electron chi connectivity index (χ1n) is 7.44. The second-order valence-corrected chi connectivity index (χ2v) is 6.96. The molecule has 1 atom stereocenters. The molecule has 1 amide bonds. The lowest BCUT2D eigenvalue weighted by atomic mass is 9.95. The summed E-state index contributed by atoms with van der Waals surface area (Å²) in [6, 6.07) is 7.88. The topological polar surface area (TPSA) is 69.6 Å². The molecule has 0 spiro atoms. The maximum absolute atomic E-state index is 12.4. The molecule has 0 heterocycles. The Balaban J connectivity index is 2.08. The Morgan fingerprint density at radius 3 is 2.23 bits per heavy atom. The van der Waals surface area contributed by atoms with E-state index in [1.165, 1.54) is 0 Å². The van der Waals surface area contributed by atoms with Crippen molar-refractivity contribution in [3.8, 4) is 0 Å². The van der Waals surface area contributed by atoms with Crippen LogP contribution in [0.15, 0.2) is 24.3 Å². The maximum Gasteiger partial charge on any atom is 0.319 e. The van der Waals surface area contributed by atoms with Crippen LogP contribution >= 0.6 is 0 Å². The molecule has 0 saturated heterocycles. The summed E-state index contributed by atoms with van der Waals surface area (Å²) in [4.78, 5) is 25.9. The van der Waals surface area contributed by atoms with Crippen molar-refractivity contribution < 1.29 is 14.7 Å². The average Bonchev–Trinajstić information content (AvgIpc) is 3.01. The van der Waals surface area contributed by atoms with E-state index in [-0.39, 0.29) is 5.91 Å². The van der Waals surface area contributed by atoms with E-state index in [1.54, 1.807) is 0 Å². The molecular weight excluding hydrogens is 280 g/mol. The number of carbonyl (C=O) groups excluding carboxylic acids is 1. The fraction of sp³-hybridized carbons (Fsp3) is 0.529. The van der Waals surface area contributed by atoms with Crippen molar-refractivity contribution in [1.82, 2.24) is 10.2 Å². The number of hydrogen-bond donors (Lipinski definition) is 2. The lowest BCUT2D eigenvalue weighted by Crippen LogP contribution is -2.39. The summed E-state index contributed by atoms with van der Waals surface area (Å²) in [5, 5.41) is 12.2. The Morgan fingerprint density at radius 1 is 1.23 bits per heavy atom. The van der Waals surface area contributed by atoms with Crippen LogP contribution in [0.5, 0.6) is 0 Å². The van der Waals surface area contributed by atoms with Gasteiger partial charge in [0.2, 0.25) is 5.91 Å². The minimum absolute atomic E-state index is 0.355. The van der Waals surface area contributed by atoms with Gasteiger partial charge in [-0.05, 0) is 37.1 Å². The number of rotatable bonds is 6. The van der Waals surface area contributed by atoms with Gasteiger partial charge < -0.3 is 15.3 Å². The number of hydrogen-bond acceptors (Lipinski definition) is 3. The van der Waals surface area contributed by atoms with Crippen LogP contribution in [0.1, 0.15) is 31.4 Å². The van der Waals surface area contributed by atoms with Crippen LogP contribution in [0.2, 0.25) is 0 Å². The van der Waals surface area contributed by atoms with Gasteiger partial charge in [0.15, 0.2) is 5.41 Å². The number of carboxylic acids is 1. The van der Waals surface area contributed by atoms with E-state index in [2.05, 4.69) is 10.2 Å². The van der Waals surface area contributed by atoms with Gasteiger partial charge in [0.05, 0.1) is 0 Å². The van der Waals surface area contributed by atoms with Gasteiger partial charge in [-0.15, -0.1) is 0 Å². The van der Waals surface area contributed by atoms with E-state index in [0.717, 1.165) is 17.7 Å². The smallest absolute Gasteiger partial charge is 0.319 e. The highest BCUT2D eigenvalue weighted by Crippen LogP contribution is 2.63. The van der Waals surface area contributed by atoms with Crippen molar-refractivity contribution in [2.45, 2.75) is 33.4 Å². The quantitative estimate of drug-likeness (QED) is 0.787. The van der Waals surface area contributed by atoms with Gasteiger partial charge in [0, 0.05) is 13.1 Å². The van der Waals surface area contributed by atoms with Gasteiger partial charge in [0.25, 0.3) is 0 Å². The highest BCUT2D eigenvalue weighted by Gasteiger charge is 2.71. The predicted octanol–water partition coefficient (Wildman–Crippen LogP) is 1.87. The Morgan fingerprint density at radius 2 is 1.77 bits per heavy atom. The van der Waals surface area contributed by atoms with Gasteiger partial charge in [-0.1, -0.05) is 38.1 Å². The molecule has 5 nitrogen and oxygen atoms in total. The van der Waals surface area contributed by atoms with Crippen LogP contribution in [0, 0.1) is 10.8 Å². The fourth-order valence-electron chi connectivity index (χ4n) is 3.02. The molecule has 0 aromatic heterocycles. The Labute approximate surface area is 131 Å². The first kappa shape index (κ1) is 16.5. The van der Waals surface area contributed by atoms with E-state index in [0.29, 0.717) is 13.0 Å². The summed E-state index contributed by atoms with van der Waals surface area (Å²) >= 11 is 0. The molecule has 0 bridgehead atoms. The van der Waals surface area contributed by atoms with Gasteiger partial charge in [-0.2, -0.15) is 0 Å². The number of carboxylic acid groups (broad SMARTS) is 1. The zero-order chi connectivity index (χ0) is 16.5. The lowest BCUT2D eigenvalue weighted by Gasteiger charge is -2.18. The van der Waals surface area contributed by atoms with E-state index >= 15 is 0 Å². The third-order valence-electron chi connectivity index (χ3n) is 4.53. The predicted molar refractivity (Wildman–Crippen MR) is 84.1 cm³/mol. The molecule has 1 aromatic rings. The van der Waals surface area contributed by atoms with E-state index in [1.807, 2.05) is 52.2 Å². The van der Waals surface area contributed by atoms with Gasteiger partial charge in [-0.3, -0.25) is 9.59 Å². The molecule has 5 heteroatoms. The van der Waals surface area contributed by atoms with Gasteiger partial charge in [0.1, 0.15) is 0 Å². The SMILES string of the molecule is CN(C)Cc1ccccc1CNC(=O)C1(C(=O)O)CC1(C)C.